The van der Waals surface area contributed by atoms with Gasteiger partial charge in [-0.25, -0.2) is 0 Å². The molecule has 0 N–H and O–H groups in total. The number of aryl methyl sites for hydroxylation is 2. The van der Waals surface area contributed by atoms with Gasteiger partial charge in [0.15, 0.2) is 11.2 Å². The van der Waals surface area contributed by atoms with E-state index in [0.717, 1.165) is 90.8 Å². The molecule has 12 aromatic rings. The molecule has 4 nitrogen and oxygen atoms in total. The third-order valence-corrected chi connectivity index (χ3v) is 14.2. The van der Waals surface area contributed by atoms with E-state index in [9.17, 15) is 0 Å². The molecule has 0 bridgehead atoms. The minimum atomic E-state index is -0.0866. The second kappa shape index (κ2) is 15.5. The van der Waals surface area contributed by atoms with E-state index in [1.54, 1.807) is 0 Å². The van der Waals surface area contributed by atoms with Crippen LogP contribution < -0.4 is 9.80 Å². The van der Waals surface area contributed by atoms with Gasteiger partial charge in [-0.05, 0) is 99.8 Å². The van der Waals surface area contributed by atoms with Crippen molar-refractivity contribution in [1.29, 1.82) is 0 Å². The van der Waals surface area contributed by atoms with Gasteiger partial charge >= 0.3 is 0 Å². The van der Waals surface area contributed by atoms with Gasteiger partial charge in [0.2, 0.25) is 0 Å². The van der Waals surface area contributed by atoms with Crippen molar-refractivity contribution in [3.8, 4) is 0 Å². The highest BCUT2D eigenvalue weighted by Gasteiger charge is 2.28. The van der Waals surface area contributed by atoms with Gasteiger partial charge < -0.3 is 18.6 Å². The molecule has 0 aliphatic rings. The van der Waals surface area contributed by atoms with Gasteiger partial charge in [-0.2, -0.15) is 0 Å². The first-order valence-corrected chi connectivity index (χ1v) is 24.2. The number of hydrogen-bond acceptors (Lipinski definition) is 4. The number of benzene rings is 10. The van der Waals surface area contributed by atoms with Crippen LogP contribution in [0.2, 0.25) is 0 Å². The van der Waals surface area contributed by atoms with Crippen LogP contribution in [0.4, 0.5) is 34.1 Å². The molecule has 0 aliphatic heterocycles. The van der Waals surface area contributed by atoms with Gasteiger partial charge in [-0.15, -0.1) is 0 Å². The van der Waals surface area contributed by atoms with Crippen LogP contribution in [-0.2, 0) is 17.3 Å². The van der Waals surface area contributed by atoms with E-state index in [1.165, 1.54) is 54.6 Å². The van der Waals surface area contributed by atoms with Crippen LogP contribution in [0, 0.1) is 6.92 Å². The lowest BCUT2D eigenvalue weighted by atomic mass is 9.86. The minimum Gasteiger partial charge on any atom is -0.454 e. The van der Waals surface area contributed by atoms with Gasteiger partial charge in [-0.1, -0.05) is 182 Å². The summed E-state index contributed by atoms with van der Waals surface area (Å²) in [7, 11) is 0. The normalized spacial score (nSPS) is 12.5. The molecular weight excluding hydrogens is 829 g/mol. The summed E-state index contributed by atoms with van der Waals surface area (Å²) < 4.78 is 14.2. The number of rotatable bonds is 8. The van der Waals surface area contributed by atoms with E-state index in [-0.39, 0.29) is 10.8 Å². The summed E-state index contributed by atoms with van der Waals surface area (Å²) in [6.45, 7) is 18.0. The Bertz CT molecular complexity index is 3890. The molecule has 2 aromatic heterocycles. The third kappa shape index (κ3) is 6.56. The maximum absolute atomic E-state index is 7.10. The number of anilines is 6. The van der Waals surface area contributed by atoms with E-state index in [2.05, 4.69) is 235 Å². The van der Waals surface area contributed by atoms with Gasteiger partial charge in [0.25, 0.3) is 0 Å². The van der Waals surface area contributed by atoms with Crippen LogP contribution in [0.3, 0.4) is 0 Å². The number of nitrogens with zero attached hydrogens (tertiary/aromatic N) is 2. The van der Waals surface area contributed by atoms with Crippen molar-refractivity contribution >= 4 is 110 Å². The van der Waals surface area contributed by atoms with Crippen LogP contribution in [0.1, 0.15) is 77.1 Å². The van der Waals surface area contributed by atoms with Crippen LogP contribution >= 0.6 is 0 Å². The van der Waals surface area contributed by atoms with Crippen molar-refractivity contribution in [1.82, 2.24) is 0 Å². The molecule has 334 valence electrons. The van der Waals surface area contributed by atoms with Gasteiger partial charge in [-0.3, -0.25) is 0 Å². The molecule has 0 unspecified atom stereocenters. The summed E-state index contributed by atoms with van der Waals surface area (Å²) in [5.41, 5.74) is 14.8. The maximum Gasteiger partial charge on any atom is 0.159 e. The zero-order valence-electron chi connectivity index (χ0n) is 40.3. The van der Waals surface area contributed by atoms with Gasteiger partial charge in [0.05, 0.1) is 22.7 Å². The Morgan fingerprint density at radius 3 is 1.21 bits per heavy atom. The van der Waals surface area contributed by atoms with Crippen molar-refractivity contribution in [2.24, 2.45) is 0 Å². The van der Waals surface area contributed by atoms with Crippen molar-refractivity contribution in [2.45, 2.75) is 79.1 Å². The fourth-order valence-corrected chi connectivity index (χ4v) is 10.9. The minimum absolute atomic E-state index is 0.0857. The second-order valence-electron chi connectivity index (χ2n) is 20.9. The number of hydrogen-bond donors (Lipinski definition) is 0. The van der Waals surface area contributed by atoms with Crippen LogP contribution in [-0.4, -0.2) is 0 Å². The molecule has 12 rings (SSSR count). The highest BCUT2D eigenvalue weighted by molar-refractivity contribution is 6.29. The van der Waals surface area contributed by atoms with Crippen LogP contribution in [0.5, 0.6) is 0 Å². The predicted molar refractivity (Wildman–Crippen MR) is 290 cm³/mol. The summed E-state index contributed by atoms with van der Waals surface area (Å²) in [6.07, 6.45) is 2.14. The average Bonchev–Trinajstić information content (AvgIpc) is 3.92. The smallest absolute Gasteiger partial charge is 0.159 e. The van der Waals surface area contributed by atoms with Crippen LogP contribution in [0.25, 0.3) is 76.2 Å². The topological polar surface area (TPSA) is 32.8 Å². The predicted octanol–water partition coefficient (Wildman–Crippen LogP) is 19.2. The van der Waals surface area contributed by atoms with Crippen molar-refractivity contribution < 1.29 is 8.83 Å². The molecule has 0 radical (unpaired) electrons. The SMILES string of the molecule is CCCc1ccc(N(c2ccc3ccc4c(N(c5ccc(C)cc5)c5cccc6c5oc5c(C(C)(C)C)cccc56)ccc5ccc2c3c54)c2cccc3c2oc2c(C(C)(C)C)cccc23)cc1. The molecule has 4 heteroatoms. The maximum atomic E-state index is 7.10. The Balaban J connectivity index is 1.12. The molecule has 0 saturated heterocycles. The molecule has 0 spiro atoms. The molecule has 10 aromatic carbocycles. The first-order valence-electron chi connectivity index (χ1n) is 24.2. The lowest BCUT2D eigenvalue weighted by molar-refractivity contribution is 0.572. The van der Waals surface area contributed by atoms with Gasteiger partial charge in [0, 0.05) is 54.8 Å². The molecule has 0 aliphatic carbocycles. The fraction of sp³-hybridized carbons (Fsp3) is 0.188. The Morgan fingerprint density at radius 1 is 0.382 bits per heavy atom. The lowest BCUT2D eigenvalue weighted by Gasteiger charge is -2.29. The molecular formula is C64H56N2O2. The van der Waals surface area contributed by atoms with Crippen LogP contribution in [0.15, 0.2) is 179 Å². The van der Waals surface area contributed by atoms with E-state index >= 15 is 0 Å². The van der Waals surface area contributed by atoms with E-state index < -0.39 is 0 Å². The summed E-state index contributed by atoms with van der Waals surface area (Å²) in [5.74, 6) is 0. The highest BCUT2D eigenvalue weighted by Crippen LogP contribution is 2.51. The molecule has 0 saturated carbocycles. The molecule has 0 atom stereocenters. The second-order valence-corrected chi connectivity index (χ2v) is 20.9. The Labute approximate surface area is 398 Å². The first-order chi connectivity index (χ1) is 32.9. The summed E-state index contributed by atoms with van der Waals surface area (Å²) in [6, 6.07) is 62.9. The quantitative estimate of drug-likeness (QED) is 0.142. The van der Waals surface area contributed by atoms with Crippen molar-refractivity contribution in [3.63, 3.8) is 0 Å². The Kier molecular flexibility index (Phi) is 9.54. The zero-order chi connectivity index (χ0) is 46.6. The fourth-order valence-electron chi connectivity index (χ4n) is 10.9. The molecule has 0 fully saturated rings. The molecule has 0 amide bonds. The first kappa shape index (κ1) is 41.8. The van der Waals surface area contributed by atoms with Crippen molar-refractivity contribution in [2.75, 3.05) is 9.80 Å². The monoisotopic (exact) mass is 884 g/mol. The Morgan fingerprint density at radius 2 is 0.779 bits per heavy atom. The molecule has 2 heterocycles. The standard InChI is InChI=1S/C64H56N2O2/c1-9-14-40-25-33-44(34-26-40)66(56-22-13-18-48-46-16-11-20-52(64(6,7)8)60(46)68-62(48)56)54-38-30-42-27-35-49-53(37-29-41-28-36-50(54)58(42)57(41)49)65(43-31-23-39(2)24-32-43)55-21-12-17-47-45-15-10-19-51(63(3,4)5)59(45)67-61(47)55/h10-13,15-38H,9,14H2,1-8H3. The van der Waals surface area contributed by atoms with Gasteiger partial charge in [0.1, 0.15) is 11.2 Å². The average molecular weight is 885 g/mol. The zero-order valence-corrected chi connectivity index (χ0v) is 40.3. The summed E-state index contributed by atoms with van der Waals surface area (Å²) in [4.78, 5) is 4.84. The number of fused-ring (bicyclic) bond motifs is 6. The highest BCUT2D eigenvalue weighted by atomic mass is 16.3. The summed E-state index contributed by atoms with van der Waals surface area (Å²) >= 11 is 0. The lowest BCUT2D eigenvalue weighted by Crippen LogP contribution is -2.12. The largest absolute Gasteiger partial charge is 0.454 e. The molecule has 68 heavy (non-hydrogen) atoms. The Hall–Kier alpha value is -7.56. The summed E-state index contributed by atoms with van der Waals surface area (Å²) in [5, 5.41) is 11.7. The number of furan rings is 2. The number of para-hydroxylation sites is 4. The third-order valence-electron chi connectivity index (χ3n) is 14.2. The van der Waals surface area contributed by atoms with E-state index in [4.69, 9.17) is 8.83 Å². The van der Waals surface area contributed by atoms with Crippen molar-refractivity contribution in [3.05, 3.63) is 192 Å². The van der Waals surface area contributed by atoms with E-state index in [0.29, 0.717) is 0 Å². The van der Waals surface area contributed by atoms with E-state index in [1.807, 2.05) is 0 Å².